The van der Waals surface area contributed by atoms with Gasteiger partial charge in [0.05, 0.1) is 26.4 Å². The van der Waals surface area contributed by atoms with Crippen LogP contribution in [0.2, 0.25) is 0 Å². The lowest BCUT2D eigenvalue weighted by atomic mass is 10.0. The molecule has 662 valence electrons. The minimum atomic E-state index is -4.93. The van der Waals surface area contributed by atoms with Crippen LogP contribution >= 0.6 is 15.6 Å². The molecule has 0 heterocycles. The summed E-state index contributed by atoms with van der Waals surface area (Å²) in [4.78, 5) is 58.9. The normalized spacial score (nSPS) is 14.5. The highest BCUT2D eigenvalue weighted by molar-refractivity contribution is 7.47. The molecule has 4 N–H and O–H groups in total. The zero-order valence-electron chi connectivity index (χ0n) is 72.9. The zero-order chi connectivity index (χ0) is 83.6. The summed E-state index contributed by atoms with van der Waals surface area (Å²) in [6, 6.07) is 0. The van der Waals surface area contributed by atoms with E-state index in [2.05, 4.69) is 167 Å². The quantitative estimate of drug-likeness (QED) is 0.0146. The van der Waals surface area contributed by atoms with E-state index < -0.39 is 91.5 Å². The van der Waals surface area contributed by atoms with Gasteiger partial charge in [-0.3, -0.25) is 32.5 Å². The fourth-order valence-corrected chi connectivity index (χ4v) is 14.2. The summed E-state index contributed by atoms with van der Waals surface area (Å²) in [5.41, 5.74) is 0. The van der Waals surface area contributed by atoms with Crippen LogP contribution in [0.5, 0.6) is 0 Å². The minimum absolute atomic E-state index is 0.107. The third-order valence-electron chi connectivity index (χ3n) is 19.6. The van der Waals surface area contributed by atoms with Crippen LogP contribution in [0.4, 0.5) is 0 Å². The highest BCUT2D eigenvalue weighted by atomic mass is 31.2. The Morgan fingerprint density at radius 1 is 0.252 bits per heavy atom. The number of aliphatic hydroxyl groups excluding tert-OH is 2. The summed E-state index contributed by atoms with van der Waals surface area (Å²) in [6.45, 7) is 2.51. The molecule has 0 spiro atoms. The van der Waals surface area contributed by atoms with Crippen LogP contribution in [-0.2, 0) is 55.8 Å². The lowest BCUT2D eigenvalue weighted by molar-refractivity contribution is -0.161. The van der Waals surface area contributed by atoms with Crippen LogP contribution in [0, 0.1) is 0 Å². The maximum Gasteiger partial charge on any atom is 0.472 e. The molecular weight excluding hydrogens is 1480 g/mol. The average Bonchev–Trinajstić information content (AvgIpc) is 0.905. The third-order valence-corrected chi connectivity index (χ3v) is 21.5. The van der Waals surface area contributed by atoms with E-state index in [1.165, 1.54) is 180 Å². The number of hydrogen-bond acceptors (Lipinski definition) is 14. The highest BCUT2D eigenvalue weighted by Crippen LogP contribution is 2.45. The van der Waals surface area contributed by atoms with E-state index in [1.54, 1.807) is 0 Å². The third kappa shape index (κ3) is 90.0. The Morgan fingerprint density at radius 2 is 0.461 bits per heavy atom. The molecule has 0 aromatic heterocycles. The first kappa shape index (κ1) is 110. The predicted octanol–water partition coefficient (Wildman–Crippen LogP) is 28.3. The SMILES string of the molecule is CC/C=C\C/C=C\C/C=C\C/C=C\C/C=C\C/C=C\CCCCCCCCCCCCCCCCCCC(=O)OCC(O)COP(=O)(O)OCC(O)COP(=O)(O)OCC(COC(=O)CCCCCCCCCCCCCC/C=C\C/C=C\C/C=C\C/C=C\C/C=C\C/C=C\CC)OC(=O)CCCCCCCCCCCCCCC. The van der Waals surface area contributed by atoms with Gasteiger partial charge in [-0.1, -0.05) is 398 Å². The van der Waals surface area contributed by atoms with Crippen LogP contribution in [-0.4, -0.2) is 95.9 Å². The molecule has 0 saturated heterocycles. The highest BCUT2D eigenvalue weighted by Gasteiger charge is 2.29. The van der Waals surface area contributed by atoms with Crippen LogP contribution in [0.1, 0.15) is 393 Å². The average molecular weight is 1650 g/mol. The number of unbranched alkanes of at least 4 members (excludes halogenated alkanes) is 40. The molecule has 0 saturated carbocycles. The van der Waals surface area contributed by atoms with Crippen molar-refractivity contribution < 1.29 is 75.8 Å². The van der Waals surface area contributed by atoms with Crippen molar-refractivity contribution in [1.82, 2.24) is 0 Å². The minimum Gasteiger partial charge on any atom is -0.463 e. The van der Waals surface area contributed by atoms with Gasteiger partial charge in [0.2, 0.25) is 0 Å². The second-order valence-electron chi connectivity index (χ2n) is 30.7. The van der Waals surface area contributed by atoms with Crippen molar-refractivity contribution in [3.8, 4) is 0 Å². The maximum atomic E-state index is 13.0. The maximum absolute atomic E-state index is 13.0. The van der Waals surface area contributed by atoms with E-state index >= 15 is 0 Å². The number of ether oxygens (including phenoxy) is 3. The Balaban J connectivity index is 4.39. The fraction of sp³-hybridized carbons (Fsp3) is 0.722. The van der Waals surface area contributed by atoms with E-state index in [1.807, 2.05) is 0 Å². The number of esters is 3. The van der Waals surface area contributed by atoms with Gasteiger partial charge >= 0.3 is 33.6 Å². The molecule has 0 aliphatic carbocycles. The Labute approximate surface area is 702 Å². The summed E-state index contributed by atoms with van der Waals surface area (Å²) in [5, 5.41) is 20.7. The monoisotopic (exact) mass is 1650 g/mol. The van der Waals surface area contributed by atoms with Crippen LogP contribution in [0.3, 0.4) is 0 Å². The first-order valence-corrected chi connectivity index (χ1v) is 49.1. The number of rotatable bonds is 87. The van der Waals surface area contributed by atoms with E-state index in [-0.39, 0.29) is 19.3 Å². The zero-order valence-corrected chi connectivity index (χ0v) is 74.7. The molecule has 16 nitrogen and oxygen atoms in total. The largest absolute Gasteiger partial charge is 0.472 e. The molecule has 18 heteroatoms. The molecular formula is C97H168O16P2. The van der Waals surface area contributed by atoms with Crippen molar-refractivity contribution in [1.29, 1.82) is 0 Å². The molecule has 0 fully saturated rings. The molecule has 0 amide bonds. The standard InChI is InChI=1S/C97H168O16P2/c1-4-7-10-13-16-19-22-25-27-29-31-33-35-37-39-41-43-44-45-46-48-50-51-53-55-57-59-61-63-66-68-71-74-77-80-83-95(100)107-86-92(98)87-109-114(103,104)110-88-93(99)89-111-115(105,106)112-91-94(113-97(102)85-82-79-76-73-70-65-24-21-18-15-12-9-6-3)90-108-96(101)84-81-78-75-72-69-67-64-62-60-58-56-54-52-49-47-42-40-38-36-34-32-30-28-26-23-20-17-14-11-8-5-2/h7-8,10-11,16-17,19-20,25-28,31-34,37-40,43-44,47,49,92-94,98-99H,4-6,9,12-15,18,21-24,29-30,35-36,41-42,45-46,48,50-91H2,1-3H3,(H,103,104)(H,105,106)/b10-7-,11-8-,19-16-,20-17-,27-25-,28-26-,33-31-,34-32-,39-37-,40-38-,44-43-,49-47-. The molecule has 5 unspecified atom stereocenters. The van der Waals surface area contributed by atoms with E-state index in [9.17, 15) is 43.5 Å². The van der Waals surface area contributed by atoms with E-state index in [0.717, 1.165) is 154 Å². The van der Waals surface area contributed by atoms with Crippen molar-refractivity contribution in [3.05, 3.63) is 146 Å². The molecule has 0 rings (SSSR count). The summed E-state index contributed by atoms with van der Waals surface area (Å²) >= 11 is 0. The van der Waals surface area contributed by atoms with Crippen molar-refractivity contribution in [3.63, 3.8) is 0 Å². The van der Waals surface area contributed by atoms with Crippen molar-refractivity contribution in [2.24, 2.45) is 0 Å². The number of aliphatic hydroxyl groups is 2. The predicted molar refractivity (Wildman–Crippen MR) is 482 cm³/mol. The molecule has 0 aromatic rings. The van der Waals surface area contributed by atoms with Gasteiger partial charge < -0.3 is 34.2 Å². The molecule has 0 radical (unpaired) electrons. The van der Waals surface area contributed by atoms with Gasteiger partial charge in [-0.05, 0) is 122 Å². The number of carbonyl (C=O) groups is 3. The topological polar surface area (TPSA) is 231 Å². The summed E-state index contributed by atoms with van der Waals surface area (Å²) in [6.07, 6.45) is 112. The Kier molecular flexibility index (Phi) is 85.2. The molecule has 0 aliphatic heterocycles. The van der Waals surface area contributed by atoms with Gasteiger partial charge in [0.1, 0.15) is 25.4 Å². The smallest absolute Gasteiger partial charge is 0.463 e. The second kappa shape index (κ2) is 88.7. The van der Waals surface area contributed by atoms with Gasteiger partial charge in [-0.2, -0.15) is 0 Å². The van der Waals surface area contributed by atoms with Crippen LogP contribution in [0.25, 0.3) is 0 Å². The van der Waals surface area contributed by atoms with Crippen LogP contribution < -0.4 is 0 Å². The van der Waals surface area contributed by atoms with Crippen molar-refractivity contribution in [2.45, 2.75) is 411 Å². The van der Waals surface area contributed by atoms with Crippen molar-refractivity contribution in [2.75, 3.05) is 39.6 Å². The number of phosphoric ester groups is 2. The number of phosphoric acid groups is 2. The Morgan fingerprint density at radius 3 is 0.730 bits per heavy atom. The molecule has 5 atom stereocenters. The van der Waals surface area contributed by atoms with Crippen LogP contribution in [0.15, 0.2) is 146 Å². The van der Waals surface area contributed by atoms with E-state index in [4.69, 9.17) is 32.3 Å². The second-order valence-corrected chi connectivity index (χ2v) is 33.6. The summed E-state index contributed by atoms with van der Waals surface area (Å²) < 4.78 is 61.4. The molecule has 0 aliphatic rings. The summed E-state index contributed by atoms with van der Waals surface area (Å²) in [7, 11) is -9.79. The molecule has 0 aromatic carbocycles. The lowest BCUT2D eigenvalue weighted by Crippen LogP contribution is -2.30. The van der Waals surface area contributed by atoms with Gasteiger partial charge in [-0.25, -0.2) is 9.13 Å². The number of allylic oxidation sites excluding steroid dienone is 24. The fourth-order valence-electron chi connectivity index (χ4n) is 12.6. The Hall–Kier alpha value is -4.57. The van der Waals surface area contributed by atoms with Crippen molar-refractivity contribution >= 4 is 33.6 Å². The number of carbonyl (C=O) groups excluding carboxylic acids is 3. The first-order valence-electron chi connectivity index (χ1n) is 46.1. The number of hydrogen-bond donors (Lipinski definition) is 4. The first-order chi connectivity index (χ1) is 56.2. The van der Waals surface area contributed by atoms with Gasteiger partial charge in [0.15, 0.2) is 6.10 Å². The van der Waals surface area contributed by atoms with Gasteiger partial charge in [0, 0.05) is 19.3 Å². The summed E-state index contributed by atoms with van der Waals surface area (Å²) in [5.74, 6) is -1.56. The van der Waals surface area contributed by atoms with Gasteiger partial charge in [0.25, 0.3) is 0 Å². The van der Waals surface area contributed by atoms with Gasteiger partial charge in [-0.15, -0.1) is 0 Å². The van der Waals surface area contributed by atoms with E-state index in [0.29, 0.717) is 19.3 Å². The lowest BCUT2D eigenvalue weighted by Gasteiger charge is -2.21. The molecule has 115 heavy (non-hydrogen) atoms. The Bertz CT molecular complexity index is 2670. The molecule has 0 bridgehead atoms.